The lowest BCUT2D eigenvalue weighted by Gasteiger charge is -2.21. The van der Waals surface area contributed by atoms with Crippen LogP contribution in [0.4, 0.5) is 0 Å². The molecule has 0 aromatic carbocycles. The van der Waals surface area contributed by atoms with E-state index in [0.717, 1.165) is 12.5 Å². The summed E-state index contributed by atoms with van der Waals surface area (Å²) in [6.45, 7) is 3.24. The minimum Gasteiger partial charge on any atom is -0.309 e. The molecule has 0 amide bonds. The average molecular weight is 236 g/mol. The maximum atomic E-state index is 4.89. The summed E-state index contributed by atoms with van der Waals surface area (Å²) in [4.78, 5) is 6.45. The Kier molecular flexibility index (Phi) is 2.99. The summed E-state index contributed by atoms with van der Waals surface area (Å²) in [7, 11) is 0. The van der Waals surface area contributed by atoms with Crippen LogP contribution in [0.25, 0.3) is 0 Å². The summed E-state index contributed by atoms with van der Waals surface area (Å²) in [6, 6.07) is 0.540. The predicted molar refractivity (Wildman–Crippen MR) is 67.9 cm³/mol. The highest BCUT2D eigenvalue weighted by Crippen LogP contribution is 2.37. The highest BCUT2D eigenvalue weighted by atomic mass is 32.1. The van der Waals surface area contributed by atoms with Crippen LogP contribution < -0.4 is 5.32 Å². The first-order valence-corrected chi connectivity index (χ1v) is 7.40. The molecule has 3 heteroatoms. The molecule has 1 aromatic rings. The van der Waals surface area contributed by atoms with Gasteiger partial charge in [-0.25, -0.2) is 4.98 Å². The zero-order chi connectivity index (χ0) is 11.0. The molecule has 0 saturated heterocycles. The van der Waals surface area contributed by atoms with Crippen molar-refractivity contribution in [1.82, 2.24) is 10.3 Å². The van der Waals surface area contributed by atoms with E-state index in [9.17, 15) is 0 Å². The van der Waals surface area contributed by atoms with Gasteiger partial charge in [-0.05, 0) is 44.6 Å². The first-order valence-electron chi connectivity index (χ1n) is 6.58. The molecule has 0 aliphatic heterocycles. The Morgan fingerprint density at radius 1 is 1.38 bits per heavy atom. The van der Waals surface area contributed by atoms with Gasteiger partial charge in [0, 0.05) is 11.3 Å². The summed E-state index contributed by atoms with van der Waals surface area (Å²) in [5.41, 5.74) is 1.38. The summed E-state index contributed by atoms with van der Waals surface area (Å²) < 4.78 is 0. The van der Waals surface area contributed by atoms with Gasteiger partial charge in [-0.3, -0.25) is 0 Å². The molecule has 1 aromatic heterocycles. The number of fused-ring (bicyclic) bond motifs is 1. The van der Waals surface area contributed by atoms with E-state index in [1.54, 1.807) is 4.88 Å². The van der Waals surface area contributed by atoms with E-state index in [1.165, 1.54) is 49.2 Å². The number of rotatable bonds is 4. The molecule has 2 aliphatic carbocycles. The molecule has 0 bridgehead atoms. The predicted octanol–water partition coefficient (Wildman–Crippen LogP) is 3.08. The minimum absolute atomic E-state index is 0.540. The smallest absolute Gasteiger partial charge is 0.0934 e. The highest BCUT2D eigenvalue weighted by molar-refractivity contribution is 7.11. The van der Waals surface area contributed by atoms with Crippen LogP contribution in [0.3, 0.4) is 0 Å². The Morgan fingerprint density at radius 2 is 2.25 bits per heavy atom. The second kappa shape index (κ2) is 4.46. The molecule has 3 rings (SSSR count). The van der Waals surface area contributed by atoms with E-state index >= 15 is 0 Å². The third-order valence-corrected chi connectivity index (χ3v) is 4.76. The molecular formula is C13H20N2S. The van der Waals surface area contributed by atoms with Gasteiger partial charge in [0.05, 0.1) is 16.7 Å². The number of hydrogen-bond donors (Lipinski definition) is 1. The van der Waals surface area contributed by atoms with Crippen molar-refractivity contribution in [2.45, 2.75) is 51.5 Å². The van der Waals surface area contributed by atoms with Gasteiger partial charge in [-0.15, -0.1) is 11.3 Å². The van der Waals surface area contributed by atoms with Crippen LogP contribution in [0.15, 0.2) is 0 Å². The first kappa shape index (κ1) is 10.7. The largest absolute Gasteiger partial charge is 0.309 e. The Bertz CT molecular complexity index is 368. The zero-order valence-electron chi connectivity index (χ0n) is 9.96. The molecule has 16 heavy (non-hydrogen) atoms. The van der Waals surface area contributed by atoms with Gasteiger partial charge in [0.1, 0.15) is 0 Å². The summed E-state index contributed by atoms with van der Waals surface area (Å²) in [6.07, 6.45) is 7.97. The number of thiazole rings is 1. The van der Waals surface area contributed by atoms with E-state index in [4.69, 9.17) is 4.98 Å². The SMILES string of the molecule is CCNC1CCCc2sc(CC3CC3)nc21. The molecule has 0 radical (unpaired) electrons. The monoisotopic (exact) mass is 236 g/mol. The van der Waals surface area contributed by atoms with Crippen LogP contribution in [0.1, 0.15) is 54.2 Å². The van der Waals surface area contributed by atoms with Crippen molar-refractivity contribution in [3.63, 3.8) is 0 Å². The fourth-order valence-electron chi connectivity index (χ4n) is 2.57. The van der Waals surface area contributed by atoms with Crippen molar-refractivity contribution in [2.24, 2.45) is 5.92 Å². The molecule has 0 spiro atoms. The fraction of sp³-hybridized carbons (Fsp3) is 0.769. The van der Waals surface area contributed by atoms with Gasteiger partial charge < -0.3 is 5.32 Å². The number of hydrogen-bond acceptors (Lipinski definition) is 3. The van der Waals surface area contributed by atoms with E-state index in [-0.39, 0.29) is 0 Å². The molecule has 1 unspecified atom stereocenters. The lowest BCUT2D eigenvalue weighted by molar-refractivity contribution is 0.464. The minimum atomic E-state index is 0.540. The van der Waals surface area contributed by atoms with Gasteiger partial charge in [0.2, 0.25) is 0 Å². The van der Waals surface area contributed by atoms with Crippen molar-refractivity contribution in [2.75, 3.05) is 6.54 Å². The summed E-state index contributed by atoms with van der Waals surface area (Å²) in [5.74, 6) is 0.963. The van der Waals surface area contributed by atoms with Gasteiger partial charge in [0.25, 0.3) is 0 Å². The zero-order valence-corrected chi connectivity index (χ0v) is 10.8. The molecule has 88 valence electrons. The van der Waals surface area contributed by atoms with Crippen molar-refractivity contribution in [1.29, 1.82) is 0 Å². The number of aryl methyl sites for hydroxylation is 1. The summed E-state index contributed by atoms with van der Waals surface area (Å²) >= 11 is 1.98. The van der Waals surface area contributed by atoms with E-state index < -0.39 is 0 Å². The molecule has 1 N–H and O–H groups in total. The number of nitrogens with zero attached hydrogens (tertiary/aromatic N) is 1. The second-order valence-electron chi connectivity index (χ2n) is 5.07. The van der Waals surface area contributed by atoms with Crippen molar-refractivity contribution < 1.29 is 0 Å². The number of aromatic nitrogens is 1. The maximum absolute atomic E-state index is 4.89. The Morgan fingerprint density at radius 3 is 3.00 bits per heavy atom. The van der Waals surface area contributed by atoms with E-state index in [2.05, 4.69) is 12.2 Å². The topological polar surface area (TPSA) is 24.9 Å². The lowest BCUT2D eigenvalue weighted by Crippen LogP contribution is -2.24. The standard InChI is InChI=1S/C13H20N2S/c1-2-14-10-4-3-5-11-13(10)15-12(16-11)8-9-6-7-9/h9-10,14H,2-8H2,1H3. The third kappa shape index (κ3) is 2.16. The molecule has 1 fully saturated rings. The quantitative estimate of drug-likeness (QED) is 0.869. The van der Waals surface area contributed by atoms with Crippen LogP contribution in [0.5, 0.6) is 0 Å². The molecule has 1 saturated carbocycles. The van der Waals surface area contributed by atoms with Crippen LogP contribution in [0, 0.1) is 5.92 Å². The normalized spacial score (nSPS) is 24.4. The second-order valence-corrected chi connectivity index (χ2v) is 6.23. The van der Waals surface area contributed by atoms with Crippen LogP contribution in [0.2, 0.25) is 0 Å². The van der Waals surface area contributed by atoms with Gasteiger partial charge in [-0.2, -0.15) is 0 Å². The molecular weight excluding hydrogens is 216 g/mol. The van der Waals surface area contributed by atoms with Crippen molar-refractivity contribution in [3.8, 4) is 0 Å². The van der Waals surface area contributed by atoms with Crippen LogP contribution in [-0.4, -0.2) is 11.5 Å². The highest BCUT2D eigenvalue weighted by Gasteiger charge is 2.27. The Labute approximate surface area is 101 Å². The van der Waals surface area contributed by atoms with E-state index in [1.807, 2.05) is 11.3 Å². The molecule has 1 atom stereocenters. The fourth-order valence-corrected chi connectivity index (χ4v) is 3.86. The van der Waals surface area contributed by atoms with Crippen LogP contribution >= 0.6 is 11.3 Å². The van der Waals surface area contributed by atoms with Gasteiger partial charge in [-0.1, -0.05) is 6.92 Å². The number of nitrogens with one attached hydrogen (secondary N) is 1. The van der Waals surface area contributed by atoms with Crippen molar-refractivity contribution in [3.05, 3.63) is 15.6 Å². The van der Waals surface area contributed by atoms with Gasteiger partial charge >= 0.3 is 0 Å². The average Bonchev–Trinajstić information content (AvgIpc) is 2.96. The third-order valence-electron chi connectivity index (χ3n) is 3.61. The molecule has 2 nitrogen and oxygen atoms in total. The van der Waals surface area contributed by atoms with Gasteiger partial charge in [0.15, 0.2) is 0 Å². The lowest BCUT2D eigenvalue weighted by atomic mass is 9.98. The maximum Gasteiger partial charge on any atom is 0.0934 e. The Hall–Kier alpha value is -0.410. The van der Waals surface area contributed by atoms with Crippen molar-refractivity contribution >= 4 is 11.3 Å². The summed E-state index contributed by atoms with van der Waals surface area (Å²) in [5, 5.41) is 4.97. The Balaban J connectivity index is 1.79. The molecule has 1 heterocycles. The van der Waals surface area contributed by atoms with E-state index in [0.29, 0.717) is 6.04 Å². The molecule has 2 aliphatic rings. The van der Waals surface area contributed by atoms with Crippen LogP contribution in [-0.2, 0) is 12.8 Å². The first-order chi connectivity index (χ1) is 7.86.